The first-order chi connectivity index (χ1) is 15.5. The Balaban J connectivity index is 1.91. The lowest BCUT2D eigenvalue weighted by Gasteiger charge is -2.52. The van der Waals surface area contributed by atoms with Crippen molar-refractivity contribution in [2.24, 2.45) is 28.6 Å². The van der Waals surface area contributed by atoms with Crippen molar-refractivity contribution in [3.8, 4) is 0 Å². The lowest BCUT2D eigenvalue weighted by Crippen LogP contribution is -2.64. The molecule has 0 aromatic carbocycles. The van der Waals surface area contributed by atoms with Gasteiger partial charge in [-0.2, -0.15) is 13.2 Å². The quantitative estimate of drug-likeness (QED) is 0.498. The molecule has 0 aromatic rings. The third-order valence-corrected chi connectivity index (χ3v) is 8.85. The molecule has 0 spiro atoms. The molecule has 3 rings (SSSR count). The van der Waals surface area contributed by atoms with Crippen LogP contribution in [0.5, 0.6) is 0 Å². The van der Waals surface area contributed by atoms with Crippen molar-refractivity contribution in [3.05, 3.63) is 0 Å². The van der Waals surface area contributed by atoms with Gasteiger partial charge in [-0.1, -0.05) is 40.5 Å². The zero-order valence-electron chi connectivity index (χ0n) is 21.2. The van der Waals surface area contributed by atoms with Crippen LogP contribution in [0, 0.1) is 28.6 Å². The van der Waals surface area contributed by atoms with E-state index >= 15 is 0 Å². The smallest absolute Gasteiger partial charge is 0.379 e. The first-order valence-corrected chi connectivity index (χ1v) is 12.7. The molecule has 2 aliphatic carbocycles. The number of hydrogen-bond acceptors (Lipinski definition) is 4. The van der Waals surface area contributed by atoms with Crippen molar-refractivity contribution in [1.29, 1.82) is 0 Å². The first kappa shape index (κ1) is 27.6. The van der Waals surface area contributed by atoms with Crippen LogP contribution in [0.15, 0.2) is 0 Å². The molecule has 196 valence electrons. The van der Waals surface area contributed by atoms with Gasteiger partial charge in [0.05, 0.1) is 0 Å². The number of nitrogens with zero attached hydrogens (tertiary/aromatic N) is 1. The van der Waals surface area contributed by atoms with Gasteiger partial charge in [-0.05, 0) is 56.8 Å². The lowest BCUT2D eigenvalue weighted by atomic mass is 9.60. The van der Waals surface area contributed by atoms with Gasteiger partial charge in [0.15, 0.2) is 5.60 Å². The highest BCUT2D eigenvalue weighted by Crippen LogP contribution is 2.51. The largest absolute Gasteiger partial charge is 0.418 e. The van der Waals surface area contributed by atoms with Gasteiger partial charge in [-0.15, -0.1) is 0 Å². The number of halogens is 4. The topological polar surface area (TPSA) is 57.6 Å². The number of hydrogen-bond donors (Lipinski definition) is 1. The van der Waals surface area contributed by atoms with E-state index in [4.69, 9.17) is 0 Å². The molecule has 3 fully saturated rings. The highest BCUT2D eigenvalue weighted by molar-refractivity contribution is 5.88. The third-order valence-electron chi connectivity index (χ3n) is 8.85. The molecule has 0 radical (unpaired) electrons. The number of carbonyl (C=O) groups excluding carboxylic acids is 2. The summed E-state index contributed by atoms with van der Waals surface area (Å²) in [5, 5.41) is 11.3. The zero-order valence-corrected chi connectivity index (χ0v) is 21.2. The number of aliphatic hydroxyl groups is 1. The second kappa shape index (κ2) is 9.45. The molecule has 3 aliphatic rings. The van der Waals surface area contributed by atoms with E-state index in [9.17, 15) is 32.3 Å². The first-order valence-electron chi connectivity index (χ1n) is 12.7. The molecule has 0 bridgehead atoms. The van der Waals surface area contributed by atoms with E-state index in [0.717, 1.165) is 12.8 Å². The average molecular weight is 492 g/mol. The second-order valence-corrected chi connectivity index (χ2v) is 12.5. The number of rotatable bonds is 6. The van der Waals surface area contributed by atoms with Crippen molar-refractivity contribution in [2.45, 2.75) is 110 Å². The van der Waals surface area contributed by atoms with E-state index in [1.54, 1.807) is 32.6 Å². The summed E-state index contributed by atoms with van der Waals surface area (Å²) in [7, 11) is 0. The highest BCUT2D eigenvalue weighted by Gasteiger charge is 2.60. The second-order valence-electron chi connectivity index (χ2n) is 12.5. The summed E-state index contributed by atoms with van der Waals surface area (Å²) in [6, 6.07) is -0.305. The molecular weight excluding hydrogens is 450 g/mol. The number of piperidine rings is 1. The third kappa shape index (κ3) is 5.37. The molecular formula is C26H41F4NO3. The van der Waals surface area contributed by atoms with E-state index in [2.05, 4.69) is 0 Å². The normalized spacial score (nSPS) is 34.9. The van der Waals surface area contributed by atoms with Crippen LogP contribution in [-0.2, 0) is 9.59 Å². The van der Waals surface area contributed by atoms with Crippen molar-refractivity contribution >= 4 is 11.6 Å². The number of likely N-dealkylation sites (tertiary alicyclic amines) is 1. The maximum atomic E-state index is 14.5. The van der Waals surface area contributed by atoms with Gasteiger partial charge in [0.2, 0.25) is 0 Å². The van der Waals surface area contributed by atoms with Gasteiger partial charge < -0.3 is 5.11 Å². The van der Waals surface area contributed by atoms with Gasteiger partial charge >= 0.3 is 6.18 Å². The predicted molar refractivity (Wildman–Crippen MR) is 122 cm³/mol. The van der Waals surface area contributed by atoms with Gasteiger partial charge in [0, 0.05) is 36.4 Å². The van der Waals surface area contributed by atoms with E-state index in [0.29, 0.717) is 19.3 Å². The maximum absolute atomic E-state index is 14.5. The molecule has 1 N–H and O–H groups in total. The Kier molecular flexibility index (Phi) is 7.66. The summed E-state index contributed by atoms with van der Waals surface area (Å²) >= 11 is 0. The van der Waals surface area contributed by atoms with Gasteiger partial charge in [0.25, 0.3) is 0 Å². The Morgan fingerprint density at radius 3 is 2.32 bits per heavy atom. The SMILES string of the molecule is CC(=O)C1CCC(F)CC1C(C)(C)CC(O)(CN1CC(C)(C)C(=O)C2CCCCC21)C(F)(F)F. The van der Waals surface area contributed by atoms with Gasteiger partial charge in [0.1, 0.15) is 17.7 Å². The standard InChI is InChI=1S/C26H41F4NO3/c1-16(32)18-11-10-17(27)12-20(18)23(2,3)13-25(34,26(28,29)30)15-31-14-24(4,5)22(33)19-8-6-7-9-21(19)31/h17-21,34H,6-15H2,1-5H3. The Hall–Kier alpha value is -1.02. The number of alkyl halides is 4. The fourth-order valence-electron chi connectivity index (χ4n) is 7.17. The summed E-state index contributed by atoms with van der Waals surface area (Å²) in [5.74, 6) is -1.43. The van der Waals surface area contributed by atoms with Crippen LogP contribution in [0.2, 0.25) is 0 Å². The summed E-state index contributed by atoms with van der Waals surface area (Å²) in [5.41, 5.74) is -4.93. The van der Waals surface area contributed by atoms with E-state index in [-0.39, 0.29) is 42.9 Å². The van der Waals surface area contributed by atoms with Crippen molar-refractivity contribution < 1.29 is 32.3 Å². The monoisotopic (exact) mass is 491 g/mol. The molecule has 0 amide bonds. The summed E-state index contributed by atoms with van der Waals surface area (Å²) in [4.78, 5) is 26.9. The van der Waals surface area contributed by atoms with Crippen LogP contribution in [-0.4, -0.2) is 58.7 Å². The van der Waals surface area contributed by atoms with Crippen LogP contribution in [0.1, 0.15) is 86.0 Å². The number of ketones is 2. The molecule has 1 saturated heterocycles. The van der Waals surface area contributed by atoms with Crippen LogP contribution in [0.25, 0.3) is 0 Å². The molecule has 4 nitrogen and oxygen atoms in total. The van der Waals surface area contributed by atoms with Gasteiger partial charge in [-0.3, -0.25) is 14.5 Å². The Morgan fingerprint density at radius 1 is 1.12 bits per heavy atom. The minimum Gasteiger partial charge on any atom is -0.379 e. The fraction of sp³-hybridized carbons (Fsp3) is 0.923. The van der Waals surface area contributed by atoms with Gasteiger partial charge in [-0.25, -0.2) is 4.39 Å². The summed E-state index contributed by atoms with van der Waals surface area (Å²) in [6.07, 6.45) is -3.06. The molecule has 8 heteroatoms. The number of Topliss-reactive ketones (excluding diaryl/α,β-unsaturated/α-hetero) is 2. The fourth-order valence-corrected chi connectivity index (χ4v) is 7.17. The van der Waals surface area contributed by atoms with E-state index in [1.807, 2.05) is 0 Å². The highest BCUT2D eigenvalue weighted by atomic mass is 19.4. The van der Waals surface area contributed by atoms with Crippen molar-refractivity contribution in [1.82, 2.24) is 4.90 Å². The molecule has 1 heterocycles. The molecule has 0 aromatic heterocycles. The molecule has 6 atom stereocenters. The van der Waals surface area contributed by atoms with E-state index in [1.165, 1.54) is 6.92 Å². The molecule has 2 saturated carbocycles. The number of fused-ring (bicyclic) bond motifs is 1. The number of β-amino-alcohol motifs (C(OH)–C–C–N with tert-alkyl or cyclic N) is 1. The minimum atomic E-state index is -4.91. The average Bonchev–Trinajstić information content (AvgIpc) is 2.70. The summed E-state index contributed by atoms with van der Waals surface area (Å²) < 4.78 is 57.8. The molecule has 1 aliphatic heterocycles. The lowest BCUT2D eigenvalue weighted by molar-refractivity contribution is -0.280. The van der Waals surface area contributed by atoms with Crippen LogP contribution in [0.4, 0.5) is 17.6 Å². The van der Waals surface area contributed by atoms with Crippen LogP contribution >= 0.6 is 0 Å². The summed E-state index contributed by atoms with van der Waals surface area (Å²) in [6.45, 7) is 7.74. The van der Waals surface area contributed by atoms with Crippen LogP contribution < -0.4 is 0 Å². The van der Waals surface area contributed by atoms with Crippen molar-refractivity contribution in [3.63, 3.8) is 0 Å². The Labute approximate surface area is 200 Å². The molecule has 6 unspecified atom stereocenters. The predicted octanol–water partition coefficient (Wildman–Crippen LogP) is 5.51. The Morgan fingerprint density at radius 2 is 1.74 bits per heavy atom. The molecule has 34 heavy (non-hydrogen) atoms. The van der Waals surface area contributed by atoms with E-state index < -0.39 is 53.6 Å². The Bertz CT molecular complexity index is 780. The number of carbonyl (C=O) groups is 2. The van der Waals surface area contributed by atoms with Crippen LogP contribution in [0.3, 0.4) is 0 Å². The zero-order chi connectivity index (χ0) is 25.7. The van der Waals surface area contributed by atoms with Crippen molar-refractivity contribution in [2.75, 3.05) is 13.1 Å². The minimum absolute atomic E-state index is 0.0289. The maximum Gasteiger partial charge on any atom is 0.418 e.